The highest BCUT2D eigenvalue weighted by molar-refractivity contribution is 6.04. The Hall–Kier alpha value is -2.69. The van der Waals surface area contributed by atoms with Crippen LogP contribution in [0.3, 0.4) is 0 Å². The molecule has 106 valence electrons. The van der Waals surface area contributed by atoms with Crippen LogP contribution < -0.4 is 5.32 Å². The summed E-state index contributed by atoms with van der Waals surface area (Å²) in [5, 5.41) is 10.5. The Morgan fingerprint density at radius 1 is 1.19 bits per heavy atom. The van der Waals surface area contributed by atoms with Gasteiger partial charge in [-0.25, -0.2) is 4.39 Å². The van der Waals surface area contributed by atoms with E-state index in [1.165, 1.54) is 12.1 Å². The molecule has 0 unspecified atom stereocenters. The molecule has 4 nitrogen and oxygen atoms in total. The summed E-state index contributed by atoms with van der Waals surface area (Å²) < 4.78 is 12.9. The second-order valence-corrected chi connectivity index (χ2v) is 4.86. The lowest BCUT2D eigenvalue weighted by atomic mass is 10.1. The van der Waals surface area contributed by atoms with E-state index >= 15 is 0 Å². The number of rotatable bonds is 3. The molecule has 21 heavy (non-hydrogen) atoms. The lowest BCUT2D eigenvalue weighted by Gasteiger charge is -2.13. The molecule has 3 rings (SSSR count). The van der Waals surface area contributed by atoms with E-state index in [1.54, 1.807) is 12.1 Å². The average Bonchev–Trinajstić information content (AvgIpc) is 2.92. The van der Waals surface area contributed by atoms with Crippen molar-refractivity contribution >= 4 is 16.8 Å². The van der Waals surface area contributed by atoms with E-state index in [2.05, 4.69) is 15.5 Å². The van der Waals surface area contributed by atoms with E-state index in [0.717, 1.165) is 16.5 Å². The maximum absolute atomic E-state index is 12.9. The number of H-pyrrole nitrogens is 1. The third-order valence-corrected chi connectivity index (χ3v) is 3.40. The minimum Gasteiger partial charge on any atom is -0.344 e. The predicted molar refractivity (Wildman–Crippen MR) is 78.4 cm³/mol. The van der Waals surface area contributed by atoms with Crippen LogP contribution in [0.1, 0.15) is 29.0 Å². The van der Waals surface area contributed by atoms with Crippen molar-refractivity contribution in [1.29, 1.82) is 0 Å². The van der Waals surface area contributed by atoms with E-state index in [4.69, 9.17) is 0 Å². The SMILES string of the molecule is C[C@@H](NC(=O)c1n[nH]c2ccccc12)c1ccc(F)cc1. The van der Waals surface area contributed by atoms with Crippen LogP contribution in [0.4, 0.5) is 4.39 Å². The van der Waals surface area contributed by atoms with Crippen LogP contribution in [-0.4, -0.2) is 16.1 Å². The fraction of sp³-hybridized carbons (Fsp3) is 0.125. The Kier molecular flexibility index (Phi) is 3.39. The average molecular weight is 283 g/mol. The van der Waals surface area contributed by atoms with E-state index < -0.39 is 0 Å². The second-order valence-electron chi connectivity index (χ2n) is 4.86. The maximum atomic E-state index is 12.9. The molecule has 2 N–H and O–H groups in total. The van der Waals surface area contributed by atoms with Gasteiger partial charge in [-0.05, 0) is 30.7 Å². The standard InChI is InChI=1S/C16H14FN3O/c1-10(11-6-8-12(17)9-7-11)18-16(21)15-13-4-2-3-5-14(13)19-20-15/h2-10H,1H3,(H,18,21)(H,19,20)/t10-/m1/s1. The smallest absolute Gasteiger partial charge is 0.272 e. The number of carbonyl (C=O) groups excluding carboxylic acids is 1. The monoisotopic (exact) mass is 283 g/mol. The third kappa shape index (κ3) is 2.63. The molecule has 0 aliphatic rings. The zero-order chi connectivity index (χ0) is 14.8. The number of hydrogen-bond donors (Lipinski definition) is 2. The molecule has 0 saturated carbocycles. The molecule has 0 radical (unpaired) electrons. The van der Waals surface area contributed by atoms with E-state index in [9.17, 15) is 9.18 Å². The molecule has 1 aromatic heterocycles. The maximum Gasteiger partial charge on any atom is 0.272 e. The van der Waals surface area contributed by atoms with Crippen LogP contribution in [0, 0.1) is 5.82 Å². The minimum absolute atomic E-state index is 0.228. The Balaban J connectivity index is 1.81. The number of para-hydroxylation sites is 1. The quantitative estimate of drug-likeness (QED) is 0.775. The lowest BCUT2D eigenvalue weighted by Crippen LogP contribution is -2.27. The fourth-order valence-corrected chi connectivity index (χ4v) is 2.24. The van der Waals surface area contributed by atoms with Gasteiger partial charge in [-0.1, -0.05) is 30.3 Å². The van der Waals surface area contributed by atoms with Crippen molar-refractivity contribution in [3.8, 4) is 0 Å². The first-order valence-corrected chi connectivity index (χ1v) is 6.64. The van der Waals surface area contributed by atoms with Crippen molar-refractivity contribution in [2.75, 3.05) is 0 Å². The number of carbonyl (C=O) groups is 1. The largest absolute Gasteiger partial charge is 0.344 e. The van der Waals surface area contributed by atoms with Crippen molar-refractivity contribution in [3.63, 3.8) is 0 Å². The molecule has 0 saturated heterocycles. The summed E-state index contributed by atoms with van der Waals surface area (Å²) in [6.45, 7) is 1.85. The highest BCUT2D eigenvalue weighted by Crippen LogP contribution is 2.17. The van der Waals surface area contributed by atoms with E-state index in [1.807, 2.05) is 31.2 Å². The molecule has 1 amide bonds. The highest BCUT2D eigenvalue weighted by atomic mass is 19.1. The summed E-state index contributed by atoms with van der Waals surface area (Å²) in [6, 6.07) is 13.3. The van der Waals surface area contributed by atoms with Crippen molar-refractivity contribution in [3.05, 3.63) is 65.6 Å². The van der Waals surface area contributed by atoms with Crippen LogP contribution in [0.5, 0.6) is 0 Å². The van der Waals surface area contributed by atoms with Crippen molar-refractivity contribution in [2.45, 2.75) is 13.0 Å². The minimum atomic E-state index is -0.296. The summed E-state index contributed by atoms with van der Waals surface area (Å²) >= 11 is 0. The van der Waals surface area contributed by atoms with Gasteiger partial charge >= 0.3 is 0 Å². The normalized spacial score (nSPS) is 12.3. The van der Waals surface area contributed by atoms with Gasteiger partial charge in [0.25, 0.3) is 5.91 Å². The molecular formula is C16H14FN3O. The predicted octanol–water partition coefficient (Wildman–Crippen LogP) is 3.19. The van der Waals surface area contributed by atoms with Gasteiger partial charge in [-0.2, -0.15) is 5.10 Å². The number of nitrogens with one attached hydrogen (secondary N) is 2. The van der Waals surface area contributed by atoms with Gasteiger partial charge in [0.2, 0.25) is 0 Å². The first-order chi connectivity index (χ1) is 10.1. The molecule has 0 fully saturated rings. The number of benzene rings is 2. The first kappa shape index (κ1) is 13.3. The lowest BCUT2D eigenvalue weighted by molar-refractivity contribution is 0.0936. The van der Waals surface area contributed by atoms with Crippen molar-refractivity contribution < 1.29 is 9.18 Å². The molecule has 2 aromatic carbocycles. The summed E-state index contributed by atoms with van der Waals surface area (Å²) in [7, 11) is 0. The van der Waals surface area contributed by atoms with Gasteiger partial charge < -0.3 is 5.32 Å². The van der Waals surface area contributed by atoms with Crippen LogP contribution >= 0.6 is 0 Å². The summed E-state index contributed by atoms with van der Waals surface area (Å²) in [4.78, 5) is 12.3. The van der Waals surface area contributed by atoms with Gasteiger partial charge in [0.15, 0.2) is 5.69 Å². The second kappa shape index (κ2) is 5.36. The zero-order valence-electron chi connectivity index (χ0n) is 11.4. The first-order valence-electron chi connectivity index (χ1n) is 6.64. The van der Waals surface area contributed by atoms with Gasteiger partial charge in [-0.15, -0.1) is 0 Å². The van der Waals surface area contributed by atoms with Crippen LogP contribution in [0.2, 0.25) is 0 Å². The Bertz CT molecular complexity index is 780. The molecular weight excluding hydrogens is 269 g/mol. The molecule has 1 heterocycles. The molecule has 0 aliphatic carbocycles. The Morgan fingerprint density at radius 2 is 1.90 bits per heavy atom. The molecule has 0 bridgehead atoms. The van der Waals surface area contributed by atoms with E-state index in [0.29, 0.717) is 5.69 Å². The van der Waals surface area contributed by atoms with Crippen molar-refractivity contribution in [2.24, 2.45) is 0 Å². The highest BCUT2D eigenvalue weighted by Gasteiger charge is 2.16. The molecule has 0 spiro atoms. The summed E-state index contributed by atoms with van der Waals surface area (Å²) in [5.74, 6) is -0.556. The Morgan fingerprint density at radius 3 is 2.67 bits per heavy atom. The van der Waals surface area contributed by atoms with Gasteiger partial charge in [0, 0.05) is 5.39 Å². The molecule has 1 atom stereocenters. The number of nitrogens with zero attached hydrogens (tertiary/aromatic N) is 1. The topological polar surface area (TPSA) is 57.8 Å². The molecule has 3 aromatic rings. The summed E-state index contributed by atoms with van der Waals surface area (Å²) in [6.07, 6.45) is 0. The number of halogens is 1. The number of aromatic amines is 1. The summed E-state index contributed by atoms with van der Waals surface area (Å²) in [5.41, 5.74) is 2.02. The Labute approximate surface area is 121 Å². The van der Waals surface area contributed by atoms with Crippen molar-refractivity contribution in [1.82, 2.24) is 15.5 Å². The van der Waals surface area contributed by atoms with E-state index in [-0.39, 0.29) is 17.8 Å². The third-order valence-electron chi connectivity index (χ3n) is 3.40. The van der Waals surface area contributed by atoms with Gasteiger partial charge in [0.05, 0.1) is 11.6 Å². The number of amides is 1. The number of fused-ring (bicyclic) bond motifs is 1. The van der Waals surface area contributed by atoms with Gasteiger partial charge in [0.1, 0.15) is 5.82 Å². The molecule has 0 aliphatic heterocycles. The van der Waals surface area contributed by atoms with Crippen LogP contribution in [0.25, 0.3) is 10.9 Å². The molecule has 5 heteroatoms. The number of aromatic nitrogens is 2. The van der Waals surface area contributed by atoms with Gasteiger partial charge in [-0.3, -0.25) is 9.89 Å². The fourth-order valence-electron chi connectivity index (χ4n) is 2.24. The van der Waals surface area contributed by atoms with Crippen LogP contribution in [0.15, 0.2) is 48.5 Å². The number of hydrogen-bond acceptors (Lipinski definition) is 2. The van der Waals surface area contributed by atoms with Crippen LogP contribution in [-0.2, 0) is 0 Å². The zero-order valence-corrected chi connectivity index (χ0v) is 11.4.